The number of aryl methyl sites for hydroxylation is 1. The molecule has 0 aliphatic carbocycles. The van der Waals surface area contributed by atoms with E-state index in [0.717, 1.165) is 21.4 Å². The van der Waals surface area contributed by atoms with Crippen molar-refractivity contribution in [2.75, 3.05) is 18.4 Å². The Balaban J connectivity index is 1.68. The number of piperidine rings is 1. The lowest BCUT2D eigenvalue weighted by Crippen LogP contribution is -3.12. The predicted octanol–water partition coefficient (Wildman–Crippen LogP) is 2.75. The number of quaternary nitrogens is 1. The number of hydrogen-bond donors (Lipinski definition) is 2. The van der Waals surface area contributed by atoms with Gasteiger partial charge in [-0.1, -0.05) is 29.0 Å². The molecule has 1 saturated heterocycles. The smallest absolute Gasteiger partial charge is 0.209 e. The largest absolute Gasteiger partial charge is 0.330 e. The van der Waals surface area contributed by atoms with Crippen LogP contribution in [-0.2, 0) is 6.67 Å². The molecule has 1 aromatic carbocycles. The van der Waals surface area contributed by atoms with E-state index in [1.165, 1.54) is 37.9 Å². The van der Waals surface area contributed by atoms with Crippen molar-refractivity contribution in [3.63, 3.8) is 0 Å². The van der Waals surface area contributed by atoms with Crippen LogP contribution in [0.5, 0.6) is 0 Å². The molecule has 0 bridgehead atoms. The molecule has 2 heterocycles. The van der Waals surface area contributed by atoms with Crippen LogP contribution in [0.3, 0.4) is 0 Å². The fourth-order valence-corrected chi connectivity index (χ4v) is 3.67. The average Bonchev–Trinajstić information content (AvgIpc) is 2.82. The molecule has 2 N–H and O–H groups in total. The normalized spacial score (nSPS) is 16.0. The zero-order chi connectivity index (χ0) is 14.7. The molecule has 0 spiro atoms. The van der Waals surface area contributed by atoms with Gasteiger partial charge in [0.15, 0.2) is 10.6 Å². The summed E-state index contributed by atoms with van der Waals surface area (Å²) in [5, 5.41) is 8.84. The molecule has 0 atom stereocenters. The summed E-state index contributed by atoms with van der Waals surface area (Å²) in [5.74, 6) is 0. The molecule has 1 fully saturated rings. The summed E-state index contributed by atoms with van der Waals surface area (Å²) in [6.07, 6.45) is 4.01. The van der Waals surface area contributed by atoms with E-state index in [0.29, 0.717) is 0 Å². The van der Waals surface area contributed by atoms with Crippen LogP contribution >= 0.6 is 23.6 Å². The highest BCUT2D eigenvalue weighted by molar-refractivity contribution is 7.73. The molecular weight excluding hydrogens is 300 g/mol. The standard InChI is InChI=1S/C15H20N4S2/c1-12-5-7-13(8-6-12)16-14-17-19(15(20)21-14)11-18-9-3-2-4-10-18/h5-8H,2-4,9-11H2,1H3,(H,16,17)/p+1. The van der Waals surface area contributed by atoms with Crippen molar-refractivity contribution in [3.05, 3.63) is 33.8 Å². The van der Waals surface area contributed by atoms with E-state index >= 15 is 0 Å². The number of nitrogens with zero attached hydrogens (tertiary/aromatic N) is 2. The van der Waals surface area contributed by atoms with E-state index in [2.05, 4.69) is 41.6 Å². The minimum absolute atomic E-state index is 0.850. The molecule has 6 heteroatoms. The SMILES string of the molecule is Cc1ccc(Nc2nn(C[NH+]3CCCCC3)c(=S)s2)cc1. The van der Waals surface area contributed by atoms with E-state index in [9.17, 15) is 0 Å². The summed E-state index contributed by atoms with van der Waals surface area (Å²) in [6.45, 7) is 5.45. The Kier molecular flexibility index (Phi) is 4.67. The lowest BCUT2D eigenvalue weighted by Gasteiger charge is -2.22. The van der Waals surface area contributed by atoms with Gasteiger partial charge in [-0.15, -0.1) is 5.10 Å². The first-order valence-electron chi connectivity index (χ1n) is 7.46. The third-order valence-corrected chi connectivity index (χ3v) is 5.07. The molecule has 0 unspecified atom stereocenters. The van der Waals surface area contributed by atoms with Crippen molar-refractivity contribution in [1.82, 2.24) is 9.78 Å². The van der Waals surface area contributed by atoms with Crippen LogP contribution in [0.4, 0.5) is 10.8 Å². The summed E-state index contributed by atoms with van der Waals surface area (Å²) in [4.78, 5) is 1.59. The number of likely N-dealkylation sites (tertiary alicyclic amines) is 1. The summed E-state index contributed by atoms with van der Waals surface area (Å²) >= 11 is 6.99. The van der Waals surface area contributed by atoms with Crippen molar-refractivity contribution in [2.24, 2.45) is 0 Å². The van der Waals surface area contributed by atoms with Crippen LogP contribution in [0.15, 0.2) is 24.3 Å². The van der Waals surface area contributed by atoms with Gasteiger partial charge in [0, 0.05) is 5.69 Å². The first-order valence-corrected chi connectivity index (χ1v) is 8.68. The van der Waals surface area contributed by atoms with Gasteiger partial charge in [0.2, 0.25) is 5.13 Å². The summed E-state index contributed by atoms with van der Waals surface area (Å²) in [5.41, 5.74) is 2.31. The Morgan fingerprint density at radius 1 is 1.24 bits per heavy atom. The number of nitrogens with one attached hydrogen (secondary N) is 2. The lowest BCUT2D eigenvalue weighted by atomic mass is 10.1. The second-order valence-electron chi connectivity index (χ2n) is 5.63. The van der Waals surface area contributed by atoms with E-state index in [1.54, 1.807) is 16.2 Å². The Bertz CT molecular complexity index is 638. The topological polar surface area (TPSA) is 34.3 Å². The van der Waals surface area contributed by atoms with Crippen LogP contribution in [0.2, 0.25) is 0 Å². The second-order valence-corrected chi connectivity index (χ2v) is 7.26. The van der Waals surface area contributed by atoms with E-state index < -0.39 is 0 Å². The van der Waals surface area contributed by atoms with Gasteiger partial charge in [0.05, 0.1) is 13.1 Å². The molecule has 112 valence electrons. The fraction of sp³-hybridized carbons (Fsp3) is 0.467. The van der Waals surface area contributed by atoms with Crippen LogP contribution < -0.4 is 10.2 Å². The van der Waals surface area contributed by atoms with Gasteiger partial charge >= 0.3 is 0 Å². The maximum absolute atomic E-state index is 5.44. The zero-order valence-electron chi connectivity index (χ0n) is 12.3. The van der Waals surface area contributed by atoms with E-state index in [4.69, 9.17) is 12.2 Å². The molecule has 0 amide bonds. The number of aromatic nitrogens is 2. The minimum atomic E-state index is 0.850. The molecule has 0 saturated carbocycles. The molecule has 0 radical (unpaired) electrons. The second kappa shape index (κ2) is 6.68. The highest BCUT2D eigenvalue weighted by Gasteiger charge is 2.15. The quantitative estimate of drug-likeness (QED) is 0.850. The van der Waals surface area contributed by atoms with Gasteiger partial charge in [0.1, 0.15) is 0 Å². The van der Waals surface area contributed by atoms with Crippen molar-refractivity contribution < 1.29 is 4.90 Å². The molecule has 1 aliphatic heterocycles. The van der Waals surface area contributed by atoms with Crippen molar-refractivity contribution in [2.45, 2.75) is 32.9 Å². The van der Waals surface area contributed by atoms with Crippen molar-refractivity contribution in [1.29, 1.82) is 0 Å². The monoisotopic (exact) mass is 321 g/mol. The number of benzene rings is 1. The Morgan fingerprint density at radius 2 is 1.95 bits per heavy atom. The maximum Gasteiger partial charge on any atom is 0.209 e. The lowest BCUT2D eigenvalue weighted by molar-refractivity contribution is -0.928. The first-order chi connectivity index (χ1) is 10.2. The van der Waals surface area contributed by atoms with Crippen LogP contribution in [0, 0.1) is 10.9 Å². The third-order valence-electron chi connectivity index (χ3n) is 3.84. The average molecular weight is 321 g/mol. The zero-order valence-corrected chi connectivity index (χ0v) is 13.9. The Labute approximate surface area is 134 Å². The van der Waals surface area contributed by atoms with E-state index in [-0.39, 0.29) is 0 Å². The van der Waals surface area contributed by atoms with Gasteiger partial charge in [-0.25, -0.2) is 0 Å². The highest BCUT2D eigenvalue weighted by Crippen LogP contribution is 2.20. The summed E-state index contributed by atoms with van der Waals surface area (Å²) < 4.78 is 2.82. The summed E-state index contributed by atoms with van der Waals surface area (Å²) in [7, 11) is 0. The summed E-state index contributed by atoms with van der Waals surface area (Å²) in [6, 6.07) is 8.33. The van der Waals surface area contributed by atoms with Crippen molar-refractivity contribution >= 4 is 34.4 Å². The molecule has 1 aromatic heterocycles. The fourth-order valence-electron chi connectivity index (χ4n) is 2.64. The maximum atomic E-state index is 5.44. The molecule has 4 nitrogen and oxygen atoms in total. The molecule has 3 rings (SSSR count). The molecule has 2 aromatic rings. The first kappa shape index (κ1) is 14.7. The Hall–Kier alpha value is -1.24. The van der Waals surface area contributed by atoms with Crippen LogP contribution in [0.1, 0.15) is 24.8 Å². The number of anilines is 2. The van der Waals surface area contributed by atoms with Gasteiger partial charge < -0.3 is 10.2 Å². The van der Waals surface area contributed by atoms with Gasteiger partial charge in [-0.3, -0.25) is 0 Å². The highest BCUT2D eigenvalue weighted by atomic mass is 32.1. The minimum Gasteiger partial charge on any atom is -0.330 e. The van der Waals surface area contributed by atoms with Crippen LogP contribution in [0.25, 0.3) is 0 Å². The van der Waals surface area contributed by atoms with Gasteiger partial charge in [-0.05, 0) is 50.5 Å². The van der Waals surface area contributed by atoms with Gasteiger partial charge in [0.25, 0.3) is 0 Å². The third kappa shape index (κ3) is 3.90. The molecule has 21 heavy (non-hydrogen) atoms. The predicted molar refractivity (Wildman–Crippen MR) is 89.9 cm³/mol. The number of hydrogen-bond acceptors (Lipinski definition) is 4. The van der Waals surface area contributed by atoms with E-state index in [1.807, 2.05) is 4.68 Å². The number of rotatable bonds is 4. The molecule has 1 aliphatic rings. The van der Waals surface area contributed by atoms with Gasteiger partial charge in [-0.2, -0.15) is 4.68 Å². The molecular formula is C15H21N4S2+. The Morgan fingerprint density at radius 3 is 2.67 bits per heavy atom. The van der Waals surface area contributed by atoms with Crippen molar-refractivity contribution in [3.8, 4) is 0 Å². The van der Waals surface area contributed by atoms with Crippen LogP contribution in [-0.4, -0.2) is 22.9 Å².